The quantitative estimate of drug-likeness (QED) is 0.135. The Hall–Kier alpha value is -3.86. The van der Waals surface area contributed by atoms with Crippen molar-refractivity contribution >= 4 is 46.8 Å². The Bertz CT molecular complexity index is 1480. The molecule has 1 saturated heterocycles. The molecular formula is C30H33N5O6S2. The second-order valence-corrected chi connectivity index (χ2v) is 11.8. The third kappa shape index (κ3) is 8.37. The Balaban J connectivity index is 0.994. The van der Waals surface area contributed by atoms with Crippen LogP contribution < -0.4 is 14.5 Å². The minimum absolute atomic E-state index is 0.00892. The van der Waals surface area contributed by atoms with Gasteiger partial charge in [0, 0.05) is 53.8 Å². The summed E-state index contributed by atoms with van der Waals surface area (Å²) < 4.78 is 14.4. The van der Waals surface area contributed by atoms with E-state index in [4.69, 9.17) is 9.47 Å². The van der Waals surface area contributed by atoms with Crippen molar-refractivity contribution in [3.8, 4) is 17.7 Å². The number of nitrogens with zero attached hydrogens (tertiary/aromatic N) is 5. The topological polar surface area (TPSA) is 115 Å². The van der Waals surface area contributed by atoms with Crippen LogP contribution in [-0.2, 0) is 14.3 Å². The van der Waals surface area contributed by atoms with Crippen molar-refractivity contribution in [3.05, 3.63) is 53.9 Å². The molecule has 0 aliphatic carbocycles. The Labute approximate surface area is 259 Å². The van der Waals surface area contributed by atoms with Crippen LogP contribution in [0.25, 0.3) is 0 Å². The van der Waals surface area contributed by atoms with Crippen molar-refractivity contribution < 1.29 is 28.6 Å². The zero-order chi connectivity index (χ0) is 30.0. The summed E-state index contributed by atoms with van der Waals surface area (Å²) >= 11 is 3.59. The van der Waals surface area contributed by atoms with E-state index >= 15 is 0 Å². The van der Waals surface area contributed by atoms with E-state index < -0.39 is 5.97 Å². The van der Waals surface area contributed by atoms with Crippen molar-refractivity contribution in [3.63, 3.8) is 0 Å². The van der Waals surface area contributed by atoms with Crippen LogP contribution in [0.2, 0.25) is 0 Å². The number of hydrogen-bond acceptors (Lipinski definition) is 11. The number of rotatable bonds is 11. The molecule has 3 heterocycles. The standard InChI is InChI=1S/C30H33N5O6S2/c1-42-23-9-10-27-25(21-23)34(24-7-2-3-8-26(24)43-27)14-6-13-32-15-17-33(18-16-32)29(36)11-12-30(37)40-20-5-4-19-39-28-22-35(38)41-31-28/h2-3,7-10,21-22H,6,11-20H2,1H3. The lowest BCUT2D eigenvalue weighted by Gasteiger charge is -2.36. The van der Waals surface area contributed by atoms with Gasteiger partial charge in [0.1, 0.15) is 0 Å². The number of amides is 1. The molecule has 2 aliphatic heterocycles. The van der Waals surface area contributed by atoms with Crippen molar-refractivity contribution in [1.82, 2.24) is 15.0 Å². The highest BCUT2D eigenvalue weighted by Crippen LogP contribution is 2.48. The van der Waals surface area contributed by atoms with Gasteiger partial charge >= 0.3 is 11.8 Å². The maximum absolute atomic E-state index is 12.7. The molecule has 5 rings (SSSR count). The molecule has 43 heavy (non-hydrogen) atoms. The largest absolute Gasteiger partial charge is 0.452 e. The molecule has 11 nitrogen and oxygen atoms in total. The minimum atomic E-state index is -0.477. The monoisotopic (exact) mass is 623 g/mol. The van der Waals surface area contributed by atoms with Crippen molar-refractivity contribution in [2.75, 3.05) is 63.6 Å². The highest BCUT2D eigenvalue weighted by molar-refractivity contribution is 8.00. The molecule has 2 aliphatic rings. The molecule has 3 aromatic rings. The predicted molar refractivity (Wildman–Crippen MR) is 162 cm³/mol. The van der Waals surface area contributed by atoms with Crippen LogP contribution in [0.5, 0.6) is 5.88 Å². The van der Waals surface area contributed by atoms with Crippen LogP contribution >= 0.6 is 23.5 Å². The number of benzene rings is 2. The van der Waals surface area contributed by atoms with Crippen LogP contribution in [0.3, 0.4) is 0 Å². The van der Waals surface area contributed by atoms with Crippen molar-refractivity contribution in [2.45, 2.75) is 33.9 Å². The average molecular weight is 624 g/mol. The lowest BCUT2D eigenvalue weighted by atomic mass is 10.2. The summed E-state index contributed by atoms with van der Waals surface area (Å²) in [6, 6.07) is 15.3. The molecule has 0 atom stereocenters. The number of carbonyl (C=O) groups excluding carboxylic acids is 2. The summed E-state index contributed by atoms with van der Waals surface area (Å²) in [7, 11) is 0. The molecule has 0 bridgehead atoms. The Kier molecular flexibility index (Phi) is 10.7. The molecule has 0 saturated carbocycles. The normalized spacial score (nSPS) is 14.3. The Morgan fingerprint density at radius 3 is 2.63 bits per heavy atom. The van der Waals surface area contributed by atoms with Gasteiger partial charge in [-0.1, -0.05) is 35.7 Å². The second-order valence-electron chi connectivity index (χ2n) is 9.86. The maximum Gasteiger partial charge on any atom is 0.395 e. The fraction of sp³-hybridized carbons (Fsp3) is 0.400. The lowest BCUT2D eigenvalue weighted by molar-refractivity contribution is -0.802. The smallest absolute Gasteiger partial charge is 0.395 e. The zero-order valence-electron chi connectivity index (χ0n) is 23.9. The lowest BCUT2D eigenvalue weighted by Crippen LogP contribution is -2.49. The summed E-state index contributed by atoms with van der Waals surface area (Å²) in [5, 5.41) is 14.1. The number of para-hydroxylation sites is 1. The first-order chi connectivity index (χ1) is 21.0. The highest BCUT2D eigenvalue weighted by Gasteiger charge is 2.25. The van der Waals surface area contributed by atoms with E-state index in [1.165, 1.54) is 26.1 Å². The number of thioether (sulfide) groups is 1. The molecule has 2 aromatic carbocycles. The number of hydrogen-bond donors (Lipinski definition) is 0. The second kappa shape index (κ2) is 15.0. The molecule has 0 spiro atoms. The van der Waals surface area contributed by atoms with Crippen LogP contribution in [0, 0.1) is 17.0 Å². The van der Waals surface area contributed by atoms with E-state index in [-0.39, 0.29) is 42.7 Å². The molecule has 0 unspecified atom stereocenters. The average Bonchev–Trinajstić information content (AvgIpc) is 3.45. The molecule has 1 amide bonds. The summed E-state index contributed by atoms with van der Waals surface area (Å²) in [4.78, 5) is 35.4. The summed E-state index contributed by atoms with van der Waals surface area (Å²) in [5.41, 5.74) is 2.53. The highest BCUT2D eigenvalue weighted by atomic mass is 32.2. The Morgan fingerprint density at radius 1 is 1.05 bits per heavy atom. The van der Waals surface area contributed by atoms with E-state index in [0.29, 0.717) is 13.1 Å². The summed E-state index contributed by atoms with van der Waals surface area (Å²) in [5.74, 6) is 4.77. The van der Waals surface area contributed by atoms with E-state index in [1.54, 1.807) is 11.8 Å². The van der Waals surface area contributed by atoms with Gasteiger partial charge in [-0.05, 0) is 54.5 Å². The molecular weight excluding hydrogens is 590 g/mol. The number of esters is 1. The molecule has 0 N–H and O–H groups in total. The number of ether oxygens (including phenoxy) is 2. The van der Waals surface area contributed by atoms with Gasteiger partial charge in [-0.3, -0.25) is 19.1 Å². The number of aromatic nitrogens is 2. The third-order valence-electron chi connectivity index (χ3n) is 7.11. The van der Waals surface area contributed by atoms with E-state index in [2.05, 4.69) is 80.1 Å². The van der Waals surface area contributed by atoms with Gasteiger partial charge in [0.25, 0.3) is 0 Å². The Morgan fingerprint density at radius 2 is 1.84 bits per heavy atom. The fourth-order valence-electron chi connectivity index (χ4n) is 4.90. The third-order valence-corrected chi connectivity index (χ3v) is 8.96. The van der Waals surface area contributed by atoms with Gasteiger partial charge in [0.15, 0.2) is 13.2 Å². The van der Waals surface area contributed by atoms with Crippen molar-refractivity contribution in [1.29, 1.82) is 0 Å². The molecule has 0 radical (unpaired) electrons. The van der Waals surface area contributed by atoms with Gasteiger partial charge in [-0.2, -0.15) is 0 Å². The SMILES string of the molecule is CSc1ccc2c(c1)N(CCCN1CCN(C(=O)CCC(=O)OCC#CCOc3c[n+]([O-])on3)CC1)c1ccccc1S2. The number of carbonyl (C=O) groups is 2. The molecule has 13 heteroatoms. The minimum Gasteiger partial charge on any atom is -0.452 e. The van der Waals surface area contributed by atoms with Crippen LogP contribution in [0.15, 0.2) is 68.0 Å². The van der Waals surface area contributed by atoms with E-state index in [1.807, 2.05) is 16.7 Å². The number of piperazine rings is 1. The van der Waals surface area contributed by atoms with Gasteiger partial charge in [-0.25, -0.2) is 0 Å². The fourth-order valence-corrected chi connectivity index (χ4v) is 6.41. The van der Waals surface area contributed by atoms with Gasteiger partial charge in [0.2, 0.25) is 12.1 Å². The molecule has 1 fully saturated rings. The van der Waals surface area contributed by atoms with Crippen LogP contribution in [0.1, 0.15) is 19.3 Å². The predicted octanol–water partition coefficient (Wildman–Crippen LogP) is 3.57. The van der Waals surface area contributed by atoms with E-state index in [0.717, 1.165) is 38.8 Å². The summed E-state index contributed by atoms with van der Waals surface area (Å²) in [6.07, 6.45) is 4.26. The zero-order valence-corrected chi connectivity index (χ0v) is 25.5. The first-order valence-corrected chi connectivity index (χ1v) is 16.1. The van der Waals surface area contributed by atoms with Crippen LogP contribution in [0.4, 0.5) is 11.4 Å². The van der Waals surface area contributed by atoms with Gasteiger partial charge < -0.3 is 24.5 Å². The van der Waals surface area contributed by atoms with E-state index in [9.17, 15) is 14.8 Å². The maximum atomic E-state index is 12.7. The molecule has 226 valence electrons. The van der Waals surface area contributed by atoms with Crippen molar-refractivity contribution in [2.24, 2.45) is 0 Å². The van der Waals surface area contributed by atoms with Gasteiger partial charge in [-0.15, -0.1) is 11.8 Å². The number of anilines is 2. The number of fused-ring (bicyclic) bond motifs is 2. The first kappa shape index (κ1) is 30.6. The summed E-state index contributed by atoms with van der Waals surface area (Å²) in [6.45, 7) is 4.67. The van der Waals surface area contributed by atoms with Gasteiger partial charge in [0.05, 0.1) is 23.0 Å². The van der Waals surface area contributed by atoms with Crippen LogP contribution in [-0.4, -0.2) is 85.6 Å². The molecule has 1 aromatic heterocycles. The first-order valence-electron chi connectivity index (χ1n) is 14.0.